The summed E-state index contributed by atoms with van der Waals surface area (Å²) in [7, 11) is 3.49. The quantitative estimate of drug-likeness (QED) is 0.680. The van der Waals surface area contributed by atoms with Crippen LogP contribution < -0.4 is 10.2 Å². The van der Waals surface area contributed by atoms with Crippen LogP contribution in [0.3, 0.4) is 0 Å². The van der Waals surface area contributed by atoms with Crippen molar-refractivity contribution >= 4 is 34.3 Å². The third kappa shape index (κ3) is 3.34. The van der Waals surface area contributed by atoms with Gasteiger partial charge < -0.3 is 14.8 Å². The van der Waals surface area contributed by atoms with Crippen molar-refractivity contribution in [3.8, 4) is 12.1 Å². The normalized spacial score (nSPS) is 14.0. The zero-order valence-corrected chi connectivity index (χ0v) is 17.4. The van der Waals surface area contributed by atoms with Crippen molar-refractivity contribution in [1.82, 2.24) is 14.5 Å². The van der Waals surface area contributed by atoms with Gasteiger partial charge in [-0.3, -0.25) is 4.79 Å². The Balaban J connectivity index is 1.82. The van der Waals surface area contributed by atoms with Crippen molar-refractivity contribution in [2.75, 3.05) is 17.3 Å². The van der Waals surface area contributed by atoms with Gasteiger partial charge in [-0.2, -0.15) is 10.5 Å². The Morgan fingerprint density at radius 1 is 1.35 bits per heavy atom. The molecule has 2 heterocycles. The molecule has 0 radical (unpaired) electrons. The fraction of sp³-hybridized carbons (Fsp3) is 0.318. The minimum atomic E-state index is -1.01. The molecule has 1 aliphatic carbocycles. The number of carbonyl (C=O) groups excluding carboxylic acids is 1. The molecule has 1 aliphatic rings. The SMILES string of the molecule is CCc1cc(C#N)cc(F)c1N(C)c1cc2c(ncn2C)c(NC(=O)C2(C#N)CC2)n1. The number of carbonyl (C=O) groups is 1. The summed E-state index contributed by atoms with van der Waals surface area (Å²) in [5.41, 5.74) is 1.39. The largest absolute Gasteiger partial charge is 0.334 e. The highest BCUT2D eigenvalue weighted by Crippen LogP contribution is 2.46. The van der Waals surface area contributed by atoms with Gasteiger partial charge in [0.05, 0.1) is 35.2 Å². The summed E-state index contributed by atoms with van der Waals surface area (Å²) in [5, 5.41) is 21.2. The molecule has 1 N–H and O–H groups in total. The van der Waals surface area contributed by atoms with E-state index in [2.05, 4.69) is 21.4 Å². The van der Waals surface area contributed by atoms with Gasteiger partial charge in [-0.15, -0.1) is 0 Å². The van der Waals surface area contributed by atoms with E-state index in [0.717, 1.165) is 0 Å². The molecule has 4 rings (SSSR count). The lowest BCUT2D eigenvalue weighted by molar-refractivity contribution is -0.119. The molecule has 1 saturated carbocycles. The highest BCUT2D eigenvalue weighted by atomic mass is 19.1. The van der Waals surface area contributed by atoms with E-state index in [9.17, 15) is 14.4 Å². The van der Waals surface area contributed by atoms with Gasteiger partial charge in [-0.1, -0.05) is 6.92 Å². The number of aryl methyl sites for hydroxylation is 2. The Morgan fingerprint density at radius 2 is 2.10 bits per heavy atom. The van der Waals surface area contributed by atoms with Crippen LogP contribution in [0.15, 0.2) is 24.5 Å². The average molecular weight is 417 g/mol. The van der Waals surface area contributed by atoms with Gasteiger partial charge >= 0.3 is 0 Å². The maximum atomic E-state index is 14.9. The molecule has 8 nitrogen and oxygen atoms in total. The van der Waals surface area contributed by atoms with Gasteiger partial charge in [0, 0.05) is 20.2 Å². The van der Waals surface area contributed by atoms with Crippen molar-refractivity contribution in [2.24, 2.45) is 12.5 Å². The molecule has 0 bridgehead atoms. The van der Waals surface area contributed by atoms with Crippen LogP contribution >= 0.6 is 0 Å². The van der Waals surface area contributed by atoms with E-state index in [-0.39, 0.29) is 11.4 Å². The number of imidazole rings is 1. The van der Waals surface area contributed by atoms with Crippen molar-refractivity contribution in [2.45, 2.75) is 26.2 Å². The molecular formula is C22H20FN7O. The Labute approximate surface area is 178 Å². The molecule has 0 saturated heterocycles. The van der Waals surface area contributed by atoms with Crippen LogP contribution in [0, 0.1) is 33.9 Å². The number of benzene rings is 1. The molecule has 0 aliphatic heterocycles. The number of nitriles is 2. The summed E-state index contributed by atoms with van der Waals surface area (Å²) >= 11 is 0. The Morgan fingerprint density at radius 3 is 2.71 bits per heavy atom. The monoisotopic (exact) mass is 417 g/mol. The molecule has 156 valence electrons. The molecule has 0 atom stereocenters. The number of pyridine rings is 1. The number of anilines is 3. The smallest absolute Gasteiger partial charge is 0.246 e. The number of fused-ring (bicyclic) bond motifs is 1. The average Bonchev–Trinajstić information content (AvgIpc) is 3.49. The zero-order chi connectivity index (χ0) is 22.3. The highest BCUT2D eigenvalue weighted by molar-refractivity contribution is 6.03. The molecular weight excluding hydrogens is 397 g/mol. The van der Waals surface area contributed by atoms with Crippen LogP contribution in [0.25, 0.3) is 11.0 Å². The van der Waals surface area contributed by atoms with Gasteiger partial charge in [0.25, 0.3) is 0 Å². The van der Waals surface area contributed by atoms with Gasteiger partial charge in [0.15, 0.2) is 5.82 Å². The molecule has 9 heteroatoms. The van der Waals surface area contributed by atoms with Crippen LogP contribution in [0.1, 0.15) is 30.9 Å². The Bertz CT molecular complexity index is 1290. The first kappa shape index (κ1) is 20.3. The molecule has 1 amide bonds. The van der Waals surface area contributed by atoms with Gasteiger partial charge in [0.2, 0.25) is 5.91 Å². The number of hydrogen-bond donors (Lipinski definition) is 1. The van der Waals surface area contributed by atoms with Crippen molar-refractivity contribution in [3.63, 3.8) is 0 Å². The lowest BCUT2D eigenvalue weighted by Crippen LogP contribution is -2.24. The van der Waals surface area contributed by atoms with Crippen LogP contribution in [-0.4, -0.2) is 27.5 Å². The summed E-state index contributed by atoms with van der Waals surface area (Å²) in [5.74, 6) is -0.324. The second-order valence-corrected chi connectivity index (χ2v) is 7.69. The molecule has 2 aromatic heterocycles. The van der Waals surface area contributed by atoms with Crippen LogP contribution in [0.2, 0.25) is 0 Å². The molecule has 1 fully saturated rings. The van der Waals surface area contributed by atoms with E-state index in [1.807, 2.05) is 20.0 Å². The number of nitrogens with one attached hydrogen (secondary N) is 1. The van der Waals surface area contributed by atoms with Crippen LogP contribution in [0.5, 0.6) is 0 Å². The van der Waals surface area contributed by atoms with E-state index in [4.69, 9.17) is 5.26 Å². The number of amides is 1. The summed E-state index contributed by atoms with van der Waals surface area (Å²) in [6.45, 7) is 1.88. The van der Waals surface area contributed by atoms with E-state index in [0.29, 0.717) is 47.4 Å². The van der Waals surface area contributed by atoms with Gasteiger partial charge in [0.1, 0.15) is 22.6 Å². The molecule has 3 aromatic rings. The highest BCUT2D eigenvalue weighted by Gasteiger charge is 2.51. The molecule has 0 spiro atoms. The summed E-state index contributed by atoms with van der Waals surface area (Å²) in [6.07, 6.45) is 3.14. The minimum absolute atomic E-state index is 0.221. The van der Waals surface area contributed by atoms with E-state index in [1.54, 1.807) is 35.0 Å². The molecule has 1 aromatic carbocycles. The summed E-state index contributed by atoms with van der Waals surface area (Å²) < 4.78 is 16.7. The minimum Gasteiger partial charge on any atom is -0.334 e. The zero-order valence-electron chi connectivity index (χ0n) is 17.4. The number of halogens is 1. The Hall–Kier alpha value is -3.98. The number of nitrogens with zero attached hydrogens (tertiary/aromatic N) is 6. The summed E-state index contributed by atoms with van der Waals surface area (Å²) in [4.78, 5) is 23.1. The Kier molecular flexibility index (Phi) is 4.82. The molecule has 0 unspecified atom stereocenters. The first-order valence-corrected chi connectivity index (χ1v) is 9.84. The number of hydrogen-bond acceptors (Lipinski definition) is 6. The van der Waals surface area contributed by atoms with Crippen molar-refractivity contribution in [3.05, 3.63) is 41.5 Å². The van der Waals surface area contributed by atoms with Gasteiger partial charge in [-0.05, 0) is 37.0 Å². The topological polar surface area (TPSA) is 111 Å². The maximum absolute atomic E-state index is 14.9. The maximum Gasteiger partial charge on any atom is 0.246 e. The van der Waals surface area contributed by atoms with E-state index in [1.165, 1.54) is 6.07 Å². The van der Waals surface area contributed by atoms with Crippen molar-refractivity contribution < 1.29 is 9.18 Å². The van der Waals surface area contributed by atoms with Gasteiger partial charge in [-0.25, -0.2) is 14.4 Å². The predicted octanol–water partition coefficient (Wildman–Crippen LogP) is 3.55. The fourth-order valence-corrected chi connectivity index (χ4v) is 3.60. The first-order valence-electron chi connectivity index (χ1n) is 9.84. The number of aromatic nitrogens is 3. The number of rotatable bonds is 5. The third-order valence-electron chi connectivity index (χ3n) is 5.66. The van der Waals surface area contributed by atoms with Crippen LogP contribution in [-0.2, 0) is 18.3 Å². The first-order chi connectivity index (χ1) is 14.8. The van der Waals surface area contributed by atoms with Crippen molar-refractivity contribution in [1.29, 1.82) is 10.5 Å². The lowest BCUT2D eigenvalue weighted by atomic mass is 10.1. The summed E-state index contributed by atoms with van der Waals surface area (Å²) in [6, 6.07) is 8.65. The van der Waals surface area contributed by atoms with Crippen LogP contribution in [0.4, 0.5) is 21.7 Å². The lowest BCUT2D eigenvalue weighted by Gasteiger charge is -2.23. The fourth-order valence-electron chi connectivity index (χ4n) is 3.60. The standard InChI is InChI=1S/C22H20FN7O/c1-4-14-7-13(10-24)8-15(23)19(14)30(3)17-9-16-18(26-12-29(16)2)20(27-17)28-21(31)22(11-25)5-6-22/h7-9,12H,4-6H2,1-3H3,(H,27,28,31). The van der Waals surface area contributed by atoms with E-state index < -0.39 is 17.1 Å². The molecule has 31 heavy (non-hydrogen) atoms. The second-order valence-electron chi connectivity index (χ2n) is 7.69. The van der Waals surface area contributed by atoms with E-state index >= 15 is 0 Å². The second kappa shape index (κ2) is 7.37. The predicted molar refractivity (Wildman–Crippen MR) is 113 cm³/mol. The third-order valence-corrected chi connectivity index (χ3v) is 5.66.